The molecule has 1 fully saturated rings. The summed E-state index contributed by atoms with van der Waals surface area (Å²) in [6.07, 6.45) is 4.34. The van der Waals surface area contributed by atoms with Crippen molar-refractivity contribution in [1.29, 1.82) is 0 Å². The van der Waals surface area contributed by atoms with Crippen molar-refractivity contribution < 1.29 is 4.79 Å². The van der Waals surface area contributed by atoms with Gasteiger partial charge < -0.3 is 10.2 Å². The molecular formula is C11H17Cl2N3O. The summed E-state index contributed by atoms with van der Waals surface area (Å²) in [7, 11) is 0. The molecule has 0 aromatic carbocycles. The van der Waals surface area contributed by atoms with Gasteiger partial charge in [-0.25, -0.2) is 0 Å². The quantitative estimate of drug-likeness (QED) is 0.843. The first kappa shape index (κ1) is 16.2. The third-order valence-corrected chi connectivity index (χ3v) is 2.55. The summed E-state index contributed by atoms with van der Waals surface area (Å²) in [5.41, 5.74) is 0.729. The fraction of sp³-hybridized carbons (Fsp3) is 0.455. The highest BCUT2D eigenvalue weighted by Crippen LogP contribution is 2.05. The molecular weight excluding hydrogens is 261 g/mol. The van der Waals surface area contributed by atoms with Crippen molar-refractivity contribution >= 4 is 30.7 Å². The van der Waals surface area contributed by atoms with Gasteiger partial charge >= 0.3 is 0 Å². The predicted octanol–water partition coefficient (Wildman–Crippen LogP) is 1.36. The minimum atomic E-state index is 0. The Morgan fingerprint density at radius 3 is 2.59 bits per heavy atom. The summed E-state index contributed by atoms with van der Waals surface area (Å²) in [4.78, 5) is 17.8. The Kier molecular flexibility index (Phi) is 7.87. The third kappa shape index (κ3) is 4.50. The Balaban J connectivity index is 0.00000128. The van der Waals surface area contributed by atoms with Gasteiger partial charge in [0.2, 0.25) is 0 Å². The van der Waals surface area contributed by atoms with Crippen LogP contribution in [-0.4, -0.2) is 42.0 Å². The Morgan fingerprint density at radius 1 is 1.18 bits per heavy atom. The summed E-state index contributed by atoms with van der Waals surface area (Å²) < 4.78 is 0. The first-order valence-electron chi connectivity index (χ1n) is 5.28. The number of carbonyl (C=O) groups is 1. The molecule has 17 heavy (non-hydrogen) atoms. The Hall–Kier alpha value is -0.840. The minimum Gasteiger partial charge on any atom is -0.337 e. The van der Waals surface area contributed by atoms with Crippen LogP contribution in [0.5, 0.6) is 0 Å². The molecule has 1 amide bonds. The summed E-state index contributed by atoms with van der Waals surface area (Å²) in [5.74, 6) is 0.112. The summed E-state index contributed by atoms with van der Waals surface area (Å²) in [6, 6.07) is 3.53. The molecule has 6 heteroatoms. The molecule has 2 heterocycles. The highest BCUT2D eigenvalue weighted by atomic mass is 35.5. The van der Waals surface area contributed by atoms with Gasteiger partial charge in [-0.2, -0.15) is 0 Å². The van der Waals surface area contributed by atoms with Crippen molar-refractivity contribution in [2.45, 2.75) is 6.42 Å². The highest BCUT2D eigenvalue weighted by molar-refractivity contribution is 5.94. The van der Waals surface area contributed by atoms with Gasteiger partial charge in [0.25, 0.3) is 5.91 Å². The number of nitrogens with zero attached hydrogens (tertiary/aromatic N) is 2. The van der Waals surface area contributed by atoms with Gasteiger partial charge in [-0.1, -0.05) is 0 Å². The first-order valence-corrected chi connectivity index (χ1v) is 5.28. The van der Waals surface area contributed by atoms with Crippen LogP contribution >= 0.6 is 24.8 Å². The third-order valence-electron chi connectivity index (χ3n) is 2.55. The molecule has 96 valence electrons. The number of hydrogen-bond donors (Lipinski definition) is 1. The van der Waals surface area contributed by atoms with E-state index in [0.717, 1.165) is 38.2 Å². The zero-order valence-electron chi connectivity index (χ0n) is 9.46. The molecule has 1 aliphatic heterocycles. The van der Waals surface area contributed by atoms with E-state index < -0.39 is 0 Å². The molecule has 0 saturated carbocycles. The molecule has 2 rings (SSSR count). The lowest BCUT2D eigenvalue weighted by molar-refractivity contribution is 0.0766. The molecule has 0 atom stereocenters. The molecule has 1 aromatic rings. The summed E-state index contributed by atoms with van der Waals surface area (Å²) in [6.45, 7) is 3.52. The average molecular weight is 278 g/mol. The molecule has 0 radical (unpaired) electrons. The number of carbonyl (C=O) groups excluding carboxylic acids is 1. The Labute approximate surface area is 114 Å². The van der Waals surface area contributed by atoms with Gasteiger partial charge in [-0.05, 0) is 25.1 Å². The molecule has 1 aromatic heterocycles. The second kappa shape index (κ2) is 8.28. The van der Waals surface area contributed by atoms with E-state index in [1.807, 2.05) is 4.90 Å². The van der Waals surface area contributed by atoms with E-state index in [1.165, 1.54) is 0 Å². The molecule has 0 spiro atoms. The number of hydrogen-bond acceptors (Lipinski definition) is 3. The predicted molar refractivity (Wildman–Crippen MR) is 72.1 cm³/mol. The Morgan fingerprint density at radius 2 is 1.88 bits per heavy atom. The number of rotatable bonds is 1. The van der Waals surface area contributed by atoms with Gasteiger partial charge in [-0.15, -0.1) is 24.8 Å². The summed E-state index contributed by atoms with van der Waals surface area (Å²) in [5, 5.41) is 3.28. The monoisotopic (exact) mass is 277 g/mol. The van der Waals surface area contributed by atoms with E-state index in [2.05, 4.69) is 10.3 Å². The lowest BCUT2D eigenvalue weighted by Gasteiger charge is -2.19. The molecule has 0 bridgehead atoms. The van der Waals surface area contributed by atoms with Crippen molar-refractivity contribution in [2.75, 3.05) is 26.2 Å². The number of pyridine rings is 1. The summed E-state index contributed by atoms with van der Waals surface area (Å²) >= 11 is 0. The smallest absolute Gasteiger partial charge is 0.254 e. The van der Waals surface area contributed by atoms with Crippen molar-refractivity contribution in [3.8, 4) is 0 Å². The fourth-order valence-electron chi connectivity index (χ4n) is 1.73. The molecule has 1 saturated heterocycles. The lowest BCUT2D eigenvalue weighted by Crippen LogP contribution is -2.34. The van der Waals surface area contributed by atoms with Crippen molar-refractivity contribution in [2.24, 2.45) is 0 Å². The van der Waals surface area contributed by atoms with Crippen molar-refractivity contribution in [1.82, 2.24) is 15.2 Å². The maximum Gasteiger partial charge on any atom is 0.254 e. The van der Waals surface area contributed by atoms with Crippen LogP contribution in [-0.2, 0) is 0 Å². The van der Waals surface area contributed by atoms with Crippen LogP contribution in [0.25, 0.3) is 0 Å². The fourth-order valence-corrected chi connectivity index (χ4v) is 1.73. The van der Waals surface area contributed by atoms with E-state index in [4.69, 9.17) is 0 Å². The standard InChI is InChI=1S/C11H15N3O.2ClH/c15-11(10-2-5-13-6-3-10)14-8-1-4-12-7-9-14;;/h2-3,5-6,12H,1,4,7-9H2;2*1H. The van der Waals surface area contributed by atoms with E-state index >= 15 is 0 Å². The van der Waals surface area contributed by atoms with E-state index in [-0.39, 0.29) is 30.7 Å². The van der Waals surface area contributed by atoms with Crippen LogP contribution < -0.4 is 5.32 Å². The second-order valence-electron chi connectivity index (χ2n) is 3.63. The van der Waals surface area contributed by atoms with Crippen LogP contribution in [0.3, 0.4) is 0 Å². The van der Waals surface area contributed by atoms with Crippen molar-refractivity contribution in [3.63, 3.8) is 0 Å². The van der Waals surface area contributed by atoms with Gasteiger partial charge in [0, 0.05) is 37.6 Å². The average Bonchev–Trinajstić information content (AvgIpc) is 2.58. The van der Waals surface area contributed by atoms with Crippen LogP contribution in [0, 0.1) is 0 Å². The van der Waals surface area contributed by atoms with E-state index in [9.17, 15) is 4.79 Å². The molecule has 0 unspecified atom stereocenters. The molecule has 1 N–H and O–H groups in total. The van der Waals surface area contributed by atoms with E-state index in [1.54, 1.807) is 24.5 Å². The normalized spacial score (nSPS) is 15.2. The molecule has 4 nitrogen and oxygen atoms in total. The minimum absolute atomic E-state index is 0. The Bertz CT molecular complexity index is 327. The van der Waals surface area contributed by atoms with Crippen molar-refractivity contribution in [3.05, 3.63) is 30.1 Å². The van der Waals surface area contributed by atoms with Crippen LogP contribution in [0.2, 0.25) is 0 Å². The number of aromatic nitrogens is 1. The van der Waals surface area contributed by atoms with E-state index in [0.29, 0.717) is 0 Å². The topological polar surface area (TPSA) is 45.2 Å². The number of halogens is 2. The number of amides is 1. The van der Waals surface area contributed by atoms with Gasteiger partial charge in [0.1, 0.15) is 0 Å². The zero-order valence-corrected chi connectivity index (χ0v) is 11.1. The van der Waals surface area contributed by atoms with Gasteiger partial charge in [-0.3, -0.25) is 9.78 Å². The molecule has 0 aliphatic carbocycles. The molecule has 1 aliphatic rings. The largest absolute Gasteiger partial charge is 0.337 e. The maximum absolute atomic E-state index is 12.0. The van der Waals surface area contributed by atoms with Crippen LogP contribution in [0.1, 0.15) is 16.8 Å². The zero-order chi connectivity index (χ0) is 10.5. The number of nitrogens with one attached hydrogen (secondary N) is 1. The first-order chi connectivity index (χ1) is 7.38. The van der Waals surface area contributed by atoms with Crippen LogP contribution in [0.15, 0.2) is 24.5 Å². The van der Waals surface area contributed by atoms with Gasteiger partial charge in [0.05, 0.1) is 0 Å². The highest BCUT2D eigenvalue weighted by Gasteiger charge is 2.16. The van der Waals surface area contributed by atoms with Gasteiger partial charge in [0.15, 0.2) is 0 Å². The second-order valence-corrected chi connectivity index (χ2v) is 3.63. The van der Waals surface area contributed by atoms with Crippen LogP contribution in [0.4, 0.5) is 0 Å². The lowest BCUT2D eigenvalue weighted by atomic mass is 10.2. The maximum atomic E-state index is 12.0. The SMILES string of the molecule is Cl.Cl.O=C(c1ccncc1)N1CCCNCC1.